The van der Waals surface area contributed by atoms with Crippen molar-refractivity contribution in [3.05, 3.63) is 59.7 Å². The summed E-state index contributed by atoms with van der Waals surface area (Å²) in [5.41, 5.74) is 1.51. The highest BCUT2D eigenvalue weighted by Gasteiger charge is 2.44. The number of carbonyl (C=O) groups is 1. The Kier molecular flexibility index (Phi) is 3.67. The summed E-state index contributed by atoms with van der Waals surface area (Å²) in [6, 6.07) is 16.4. The number of anilines is 1. The van der Waals surface area contributed by atoms with Gasteiger partial charge in [-0.1, -0.05) is 18.2 Å². The first-order chi connectivity index (χ1) is 11.0. The zero-order valence-electron chi connectivity index (χ0n) is 12.9. The summed E-state index contributed by atoms with van der Waals surface area (Å²) >= 11 is 0. The first-order valence-corrected chi connectivity index (χ1v) is 7.24. The molecule has 0 aliphatic carbocycles. The lowest BCUT2D eigenvalue weighted by Crippen LogP contribution is -2.37. The van der Waals surface area contributed by atoms with Crippen LogP contribution in [0.5, 0.6) is 5.75 Å². The van der Waals surface area contributed by atoms with Crippen molar-refractivity contribution in [2.24, 2.45) is 0 Å². The van der Waals surface area contributed by atoms with Gasteiger partial charge >= 0.3 is 6.09 Å². The molecule has 1 atom stereocenters. The molecular formula is C18H16N2O3. The number of hydrogen-bond donors (Lipinski definition) is 1. The molecule has 1 heterocycles. The highest BCUT2D eigenvalue weighted by atomic mass is 16.7. The van der Waals surface area contributed by atoms with Gasteiger partial charge in [0.1, 0.15) is 5.75 Å². The van der Waals surface area contributed by atoms with Crippen molar-refractivity contribution in [3.63, 3.8) is 0 Å². The topological polar surface area (TPSA) is 71.3 Å². The fourth-order valence-electron chi connectivity index (χ4n) is 2.53. The normalized spacial score (nSPS) is 17.5. The number of nitriles is 1. The minimum absolute atomic E-state index is 0.545. The number of para-hydroxylation sites is 1. The van der Waals surface area contributed by atoms with Gasteiger partial charge < -0.3 is 9.47 Å². The number of nitrogens with one attached hydrogen (secondary N) is 1. The summed E-state index contributed by atoms with van der Waals surface area (Å²) in [4.78, 5) is 12.1. The highest BCUT2D eigenvalue weighted by molar-refractivity contribution is 5.84. The fraction of sp³-hybridized carbons (Fsp3) is 0.222. The van der Waals surface area contributed by atoms with Gasteiger partial charge in [0.2, 0.25) is 0 Å². The van der Waals surface area contributed by atoms with Crippen LogP contribution in [0.25, 0.3) is 0 Å². The SMILES string of the molecule is CC1(C)c2cc(C#N)ccc2OC1OC(=O)Nc1ccccc1. The molecule has 0 spiro atoms. The van der Waals surface area contributed by atoms with Gasteiger partial charge in [0.25, 0.3) is 6.29 Å². The lowest BCUT2D eigenvalue weighted by atomic mass is 9.85. The molecule has 0 bridgehead atoms. The minimum Gasteiger partial charge on any atom is -0.453 e. The molecule has 1 N–H and O–H groups in total. The van der Waals surface area contributed by atoms with Crippen LogP contribution in [0.3, 0.4) is 0 Å². The molecule has 3 rings (SSSR count). The Labute approximate surface area is 134 Å². The van der Waals surface area contributed by atoms with Crippen LogP contribution in [0.4, 0.5) is 10.5 Å². The molecule has 116 valence electrons. The number of benzene rings is 2. The second-order valence-electron chi connectivity index (χ2n) is 5.89. The molecule has 5 nitrogen and oxygen atoms in total. The maximum Gasteiger partial charge on any atom is 0.414 e. The highest BCUT2D eigenvalue weighted by Crippen LogP contribution is 2.43. The van der Waals surface area contributed by atoms with E-state index in [-0.39, 0.29) is 0 Å². The molecule has 0 saturated carbocycles. The van der Waals surface area contributed by atoms with E-state index in [9.17, 15) is 4.79 Å². The molecule has 2 aromatic rings. The standard InChI is InChI=1S/C18H16N2O3/c1-18(2)14-10-12(11-19)8-9-15(14)22-16(18)23-17(21)20-13-6-4-3-5-7-13/h3-10,16H,1-2H3,(H,20,21). The van der Waals surface area contributed by atoms with E-state index in [0.29, 0.717) is 17.0 Å². The lowest BCUT2D eigenvalue weighted by Gasteiger charge is -2.25. The number of fused-ring (bicyclic) bond motifs is 1. The van der Waals surface area contributed by atoms with Crippen molar-refractivity contribution in [2.75, 3.05) is 5.32 Å². The van der Waals surface area contributed by atoms with Gasteiger partial charge in [-0.3, -0.25) is 5.32 Å². The Hall–Kier alpha value is -3.00. The van der Waals surface area contributed by atoms with Crippen LogP contribution in [0.2, 0.25) is 0 Å². The molecule has 1 amide bonds. The van der Waals surface area contributed by atoms with Gasteiger partial charge in [0.05, 0.1) is 17.0 Å². The average molecular weight is 308 g/mol. The number of amides is 1. The molecule has 1 unspecified atom stereocenters. The third-order valence-electron chi connectivity index (χ3n) is 3.86. The Balaban J connectivity index is 1.75. The van der Waals surface area contributed by atoms with Crippen LogP contribution in [-0.2, 0) is 10.2 Å². The average Bonchev–Trinajstić information content (AvgIpc) is 2.78. The van der Waals surface area contributed by atoms with Gasteiger partial charge in [-0.25, -0.2) is 4.79 Å². The molecule has 0 aromatic heterocycles. The van der Waals surface area contributed by atoms with Gasteiger partial charge in [-0.15, -0.1) is 0 Å². The first-order valence-electron chi connectivity index (χ1n) is 7.24. The van der Waals surface area contributed by atoms with E-state index < -0.39 is 17.8 Å². The van der Waals surface area contributed by atoms with Crippen LogP contribution in [0.15, 0.2) is 48.5 Å². The first kappa shape index (κ1) is 14.9. The Morgan fingerprint density at radius 2 is 2.00 bits per heavy atom. The van der Waals surface area contributed by atoms with Crippen LogP contribution in [0.1, 0.15) is 25.0 Å². The summed E-state index contributed by atoms with van der Waals surface area (Å²) in [5.74, 6) is 0.631. The summed E-state index contributed by atoms with van der Waals surface area (Å²) in [7, 11) is 0. The number of ether oxygens (including phenoxy) is 2. The Morgan fingerprint density at radius 1 is 1.26 bits per heavy atom. The molecule has 2 aromatic carbocycles. The number of carbonyl (C=O) groups excluding carboxylic acids is 1. The predicted octanol–water partition coefficient (Wildman–Crippen LogP) is 3.80. The summed E-state index contributed by atoms with van der Waals surface area (Å²) < 4.78 is 11.2. The van der Waals surface area contributed by atoms with Gasteiger partial charge in [0.15, 0.2) is 0 Å². The quantitative estimate of drug-likeness (QED) is 0.916. The number of rotatable bonds is 2. The molecule has 23 heavy (non-hydrogen) atoms. The largest absolute Gasteiger partial charge is 0.453 e. The molecule has 1 aliphatic rings. The summed E-state index contributed by atoms with van der Waals surface area (Å²) in [5, 5.41) is 11.7. The van der Waals surface area contributed by atoms with E-state index in [4.69, 9.17) is 14.7 Å². The molecule has 0 radical (unpaired) electrons. The lowest BCUT2D eigenvalue weighted by molar-refractivity contribution is -0.0512. The van der Waals surface area contributed by atoms with Crippen molar-refractivity contribution in [2.45, 2.75) is 25.6 Å². The van der Waals surface area contributed by atoms with Crippen molar-refractivity contribution in [1.29, 1.82) is 5.26 Å². The number of nitrogens with zero attached hydrogens (tertiary/aromatic N) is 1. The van der Waals surface area contributed by atoms with E-state index in [2.05, 4.69) is 11.4 Å². The zero-order chi connectivity index (χ0) is 16.4. The smallest absolute Gasteiger partial charge is 0.414 e. The predicted molar refractivity (Wildman–Crippen MR) is 85.1 cm³/mol. The van der Waals surface area contributed by atoms with Gasteiger partial charge in [0, 0.05) is 11.3 Å². The van der Waals surface area contributed by atoms with Gasteiger partial charge in [-0.2, -0.15) is 5.26 Å². The third-order valence-corrected chi connectivity index (χ3v) is 3.86. The zero-order valence-corrected chi connectivity index (χ0v) is 12.9. The van der Waals surface area contributed by atoms with E-state index in [0.717, 1.165) is 5.56 Å². The molecule has 5 heteroatoms. The van der Waals surface area contributed by atoms with Crippen LogP contribution < -0.4 is 10.1 Å². The maximum atomic E-state index is 12.1. The van der Waals surface area contributed by atoms with E-state index in [1.165, 1.54) is 0 Å². The van der Waals surface area contributed by atoms with Crippen LogP contribution in [0, 0.1) is 11.3 Å². The Bertz CT molecular complexity index is 779. The van der Waals surface area contributed by atoms with Crippen molar-refractivity contribution < 1.29 is 14.3 Å². The fourth-order valence-corrected chi connectivity index (χ4v) is 2.53. The molecular weight excluding hydrogens is 292 g/mol. The van der Waals surface area contributed by atoms with Crippen LogP contribution in [-0.4, -0.2) is 12.4 Å². The monoisotopic (exact) mass is 308 g/mol. The second kappa shape index (κ2) is 5.65. The molecule has 0 saturated heterocycles. The summed E-state index contributed by atoms with van der Waals surface area (Å²) in [6.07, 6.45) is -1.34. The molecule has 0 fully saturated rings. The van der Waals surface area contributed by atoms with E-state index in [1.807, 2.05) is 32.0 Å². The van der Waals surface area contributed by atoms with Crippen molar-refractivity contribution >= 4 is 11.8 Å². The maximum absolute atomic E-state index is 12.1. The molecule has 1 aliphatic heterocycles. The van der Waals surface area contributed by atoms with Gasteiger partial charge in [-0.05, 0) is 44.2 Å². The third kappa shape index (κ3) is 2.84. The number of hydrogen-bond acceptors (Lipinski definition) is 4. The van der Waals surface area contributed by atoms with Crippen LogP contribution >= 0.6 is 0 Å². The van der Waals surface area contributed by atoms with E-state index in [1.54, 1.807) is 30.3 Å². The Morgan fingerprint density at radius 3 is 2.70 bits per heavy atom. The second-order valence-corrected chi connectivity index (χ2v) is 5.89. The summed E-state index contributed by atoms with van der Waals surface area (Å²) in [6.45, 7) is 3.83. The van der Waals surface area contributed by atoms with Crippen molar-refractivity contribution in [1.82, 2.24) is 0 Å². The van der Waals surface area contributed by atoms with E-state index >= 15 is 0 Å². The minimum atomic E-state index is -0.754. The van der Waals surface area contributed by atoms with Crippen molar-refractivity contribution in [3.8, 4) is 11.8 Å².